The van der Waals surface area contributed by atoms with Gasteiger partial charge in [-0.25, -0.2) is 0 Å². The zero-order chi connectivity index (χ0) is 40.3. The first-order valence-corrected chi connectivity index (χ1v) is 23.4. The van der Waals surface area contributed by atoms with Crippen LogP contribution in [0.5, 0.6) is 0 Å². The number of rotatable bonds is 9. The maximum Gasteiger partial charge on any atom is 0.248 e. The van der Waals surface area contributed by atoms with E-state index in [0.717, 1.165) is 15.6 Å². The number of aryl methyl sites for hydroxylation is 3. The Morgan fingerprint density at radius 2 is 0.475 bits per heavy atom. The van der Waals surface area contributed by atoms with E-state index in [1.165, 1.54) is 83.5 Å². The van der Waals surface area contributed by atoms with Crippen molar-refractivity contribution in [3.63, 3.8) is 0 Å². The number of hydrogen-bond acceptors (Lipinski definition) is 0. The molecule has 0 nitrogen and oxygen atoms in total. The third kappa shape index (κ3) is 7.29. The predicted octanol–water partition coefficient (Wildman–Crippen LogP) is 13.8. The van der Waals surface area contributed by atoms with Gasteiger partial charge in [-0.2, -0.15) is 0 Å². The third-order valence-electron chi connectivity index (χ3n) is 11.6. The zero-order valence-electron chi connectivity index (χ0n) is 33.7. The highest BCUT2D eigenvalue weighted by atomic mass is 35.6. The molecule has 0 aliphatic carbocycles. The van der Waals surface area contributed by atoms with Crippen molar-refractivity contribution in [3.8, 4) is 66.8 Å². The second-order valence-electron chi connectivity index (χ2n) is 15.5. The van der Waals surface area contributed by atoms with Crippen molar-refractivity contribution in [2.75, 3.05) is 0 Å². The van der Waals surface area contributed by atoms with E-state index in [2.05, 4.69) is 239 Å². The van der Waals surface area contributed by atoms with Gasteiger partial charge < -0.3 is 0 Å². The molecular weight excluding hydrogens is 748 g/mol. The van der Waals surface area contributed by atoms with Gasteiger partial charge in [-0.1, -0.05) is 218 Å². The minimum Gasteiger partial charge on any atom is -0.149 e. The summed E-state index contributed by atoms with van der Waals surface area (Å²) in [6, 6.07) is 79.1. The Balaban J connectivity index is 1.39. The van der Waals surface area contributed by atoms with Gasteiger partial charge in [0.2, 0.25) is 7.38 Å². The van der Waals surface area contributed by atoms with E-state index < -0.39 is 7.38 Å². The summed E-state index contributed by atoms with van der Waals surface area (Å²) in [6.45, 7) is 6.76. The Hall–Kier alpha value is -6.51. The molecule has 0 saturated carbocycles. The Morgan fingerprint density at radius 1 is 0.271 bits per heavy atom. The monoisotopic (exact) mass is 792 g/mol. The van der Waals surface area contributed by atoms with Gasteiger partial charge in [0.15, 0.2) is 0 Å². The van der Waals surface area contributed by atoms with Crippen molar-refractivity contribution in [2.45, 2.75) is 20.8 Å². The first kappa shape index (κ1) is 38.0. The zero-order valence-corrected chi connectivity index (χ0v) is 35.4. The standard InChI is InChI=1S/C57H45ClSi/c1-40-34-49(37-52(43-22-10-4-11-23-43)55(40)46-28-16-7-17-29-46)59(58,50-35-41(2)56(47-30-18-8-19-31-47)53(38-50)44-24-12-5-13-25-44)51-36-42(3)57(48-32-20-9-21-33-48)54(39-51)45-26-14-6-15-27-45/h4-39H,1-3H3. The first-order valence-electron chi connectivity index (χ1n) is 20.4. The molecule has 0 unspecified atom stereocenters. The van der Waals surface area contributed by atoms with E-state index in [9.17, 15) is 0 Å². The van der Waals surface area contributed by atoms with Crippen LogP contribution >= 0.6 is 11.1 Å². The number of halogens is 1. The largest absolute Gasteiger partial charge is 0.248 e. The fraction of sp³-hybridized carbons (Fsp3) is 0.0526. The van der Waals surface area contributed by atoms with Crippen LogP contribution in [0.4, 0.5) is 0 Å². The van der Waals surface area contributed by atoms with Crippen molar-refractivity contribution in [1.29, 1.82) is 0 Å². The van der Waals surface area contributed by atoms with Gasteiger partial charge in [-0.05, 0) is 120 Å². The number of benzene rings is 9. The van der Waals surface area contributed by atoms with E-state index >= 15 is 0 Å². The van der Waals surface area contributed by atoms with Crippen LogP contribution in [0.15, 0.2) is 218 Å². The molecule has 0 bridgehead atoms. The average Bonchev–Trinajstić information content (AvgIpc) is 3.29. The molecule has 9 aromatic carbocycles. The van der Waals surface area contributed by atoms with E-state index in [0.29, 0.717) is 0 Å². The summed E-state index contributed by atoms with van der Waals surface area (Å²) in [5.41, 5.74) is 18.0. The molecule has 0 N–H and O–H groups in total. The molecule has 0 heterocycles. The predicted molar refractivity (Wildman–Crippen MR) is 257 cm³/mol. The lowest BCUT2D eigenvalue weighted by Gasteiger charge is -2.31. The molecule has 0 saturated heterocycles. The summed E-state index contributed by atoms with van der Waals surface area (Å²) in [4.78, 5) is 0. The Labute approximate surface area is 354 Å². The van der Waals surface area contributed by atoms with Gasteiger partial charge in [0.05, 0.1) is 0 Å². The normalized spacial score (nSPS) is 11.4. The SMILES string of the molecule is Cc1cc([Si](Cl)(c2cc(C)c(-c3ccccc3)c(-c3ccccc3)c2)c2cc(C)c(-c3ccccc3)c(-c3ccccc3)c2)cc(-c2ccccc2)c1-c1ccccc1. The molecule has 9 rings (SSSR count). The maximum atomic E-state index is 8.84. The summed E-state index contributed by atoms with van der Waals surface area (Å²) in [6.07, 6.45) is 0. The molecule has 284 valence electrons. The highest BCUT2D eigenvalue weighted by Gasteiger charge is 2.41. The maximum absolute atomic E-state index is 8.84. The summed E-state index contributed by atoms with van der Waals surface area (Å²) in [7, 11) is -3.36. The first-order chi connectivity index (χ1) is 28.9. The van der Waals surface area contributed by atoms with E-state index in [1.54, 1.807) is 0 Å². The second kappa shape index (κ2) is 16.4. The van der Waals surface area contributed by atoms with Crippen LogP contribution in [-0.2, 0) is 0 Å². The van der Waals surface area contributed by atoms with Crippen molar-refractivity contribution < 1.29 is 0 Å². The summed E-state index contributed by atoms with van der Waals surface area (Å²) in [5, 5.41) is 3.48. The van der Waals surface area contributed by atoms with Gasteiger partial charge >= 0.3 is 0 Å². The molecule has 2 heteroatoms. The third-order valence-corrected chi connectivity index (χ3v) is 16.9. The molecule has 0 aliphatic rings. The molecule has 0 fully saturated rings. The minimum atomic E-state index is -3.36. The molecular formula is C57H45ClSi. The fourth-order valence-electron chi connectivity index (χ4n) is 8.96. The summed E-state index contributed by atoms with van der Waals surface area (Å²) < 4.78 is 0. The van der Waals surface area contributed by atoms with Crippen molar-refractivity contribution >= 4 is 34.0 Å². The summed E-state index contributed by atoms with van der Waals surface area (Å²) in [5.74, 6) is 0. The van der Waals surface area contributed by atoms with Gasteiger partial charge in [0, 0.05) is 0 Å². The molecule has 0 amide bonds. The van der Waals surface area contributed by atoms with Gasteiger partial charge in [0.1, 0.15) is 0 Å². The van der Waals surface area contributed by atoms with E-state index in [-0.39, 0.29) is 0 Å². The van der Waals surface area contributed by atoms with Crippen LogP contribution in [0.2, 0.25) is 0 Å². The lowest BCUT2D eigenvalue weighted by molar-refractivity contribution is 1.45. The Bertz CT molecular complexity index is 2550. The van der Waals surface area contributed by atoms with Crippen LogP contribution in [0.1, 0.15) is 16.7 Å². The van der Waals surface area contributed by atoms with Crippen LogP contribution in [-0.4, -0.2) is 7.38 Å². The molecule has 59 heavy (non-hydrogen) atoms. The van der Waals surface area contributed by atoms with E-state index in [4.69, 9.17) is 11.1 Å². The van der Waals surface area contributed by atoms with Crippen molar-refractivity contribution in [2.24, 2.45) is 0 Å². The van der Waals surface area contributed by atoms with Crippen LogP contribution in [0.3, 0.4) is 0 Å². The molecule has 0 atom stereocenters. The molecule has 9 aromatic rings. The minimum absolute atomic E-state index is 1.16. The lowest BCUT2D eigenvalue weighted by Crippen LogP contribution is -2.63. The van der Waals surface area contributed by atoms with Gasteiger partial charge in [-0.3, -0.25) is 0 Å². The Kier molecular flexibility index (Phi) is 10.6. The smallest absolute Gasteiger partial charge is 0.149 e. The topological polar surface area (TPSA) is 0 Å². The second-order valence-corrected chi connectivity index (χ2v) is 20.3. The van der Waals surface area contributed by atoms with Crippen LogP contribution in [0.25, 0.3) is 66.8 Å². The van der Waals surface area contributed by atoms with Gasteiger partial charge in [-0.15, -0.1) is 11.1 Å². The number of hydrogen-bond donors (Lipinski definition) is 0. The fourth-order valence-corrected chi connectivity index (χ4v) is 13.2. The quantitative estimate of drug-likeness (QED) is 0.0776. The van der Waals surface area contributed by atoms with E-state index in [1.807, 2.05) is 0 Å². The molecule has 0 spiro atoms. The lowest BCUT2D eigenvalue weighted by atomic mass is 9.91. The molecule has 0 aliphatic heterocycles. The van der Waals surface area contributed by atoms with Gasteiger partial charge in [0.25, 0.3) is 0 Å². The summed E-state index contributed by atoms with van der Waals surface area (Å²) >= 11 is 8.84. The van der Waals surface area contributed by atoms with Crippen LogP contribution in [0, 0.1) is 20.8 Å². The van der Waals surface area contributed by atoms with Crippen molar-refractivity contribution in [1.82, 2.24) is 0 Å². The highest BCUT2D eigenvalue weighted by Crippen LogP contribution is 2.39. The highest BCUT2D eigenvalue weighted by molar-refractivity contribution is 7.40. The Morgan fingerprint density at radius 3 is 0.695 bits per heavy atom. The molecule has 0 aromatic heterocycles. The molecule has 0 radical (unpaired) electrons. The average molecular weight is 794 g/mol. The van der Waals surface area contributed by atoms with Crippen molar-refractivity contribution in [3.05, 3.63) is 235 Å². The van der Waals surface area contributed by atoms with Crippen LogP contribution < -0.4 is 15.6 Å².